The minimum Gasteiger partial charge on any atom is -0.354 e. The lowest BCUT2D eigenvalue weighted by Crippen LogP contribution is -2.55. The molecule has 0 saturated heterocycles. The summed E-state index contributed by atoms with van der Waals surface area (Å²) in [5.41, 5.74) is 6.72. The Kier molecular flexibility index (Phi) is 10.9. The molecule has 5 nitrogen and oxygen atoms in total. The zero-order chi connectivity index (χ0) is 28.2. The van der Waals surface area contributed by atoms with E-state index in [2.05, 4.69) is 57.2 Å². The number of hydrogen-bond donors (Lipinski definition) is 3. The van der Waals surface area contributed by atoms with Crippen molar-refractivity contribution in [2.75, 3.05) is 33.2 Å². The van der Waals surface area contributed by atoms with E-state index in [4.69, 9.17) is 5.73 Å². The van der Waals surface area contributed by atoms with Crippen molar-refractivity contribution < 1.29 is 4.79 Å². The molecule has 4 rings (SSSR count). The van der Waals surface area contributed by atoms with E-state index in [0.717, 1.165) is 68.1 Å². The molecule has 4 saturated carbocycles. The third kappa shape index (κ3) is 7.05. The van der Waals surface area contributed by atoms with Gasteiger partial charge in [-0.1, -0.05) is 20.8 Å². The van der Waals surface area contributed by atoms with Gasteiger partial charge in [0.05, 0.1) is 0 Å². The van der Waals surface area contributed by atoms with Gasteiger partial charge in [0.2, 0.25) is 5.91 Å². The minimum atomic E-state index is 0.242. The summed E-state index contributed by atoms with van der Waals surface area (Å²) in [6.45, 7) is 16.2. The molecule has 0 heterocycles. The van der Waals surface area contributed by atoms with E-state index < -0.39 is 0 Å². The van der Waals surface area contributed by atoms with Gasteiger partial charge in [-0.2, -0.15) is 0 Å². The van der Waals surface area contributed by atoms with E-state index >= 15 is 0 Å². The summed E-state index contributed by atoms with van der Waals surface area (Å²) in [6, 6.07) is 0.977. The summed E-state index contributed by atoms with van der Waals surface area (Å²) < 4.78 is 0. The topological polar surface area (TPSA) is 70.4 Å². The van der Waals surface area contributed by atoms with Crippen LogP contribution in [0.15, 0.2) is 0 Å². The Morgan fingerprint density at radius 1 is 0.949 bits per heavy atom. The molecule has 0 aliphatic heterocycles. The fraction of sp³-hybridized carbons (Fsp3) is 0.971. The average Bonchev–Trinajstić information content (AvgIpc) is 3.25. The highest BCUT2D eigenvalue weighted by Crippen LogP contribution is 2.68. The molecule has 5 heteroatoms. The fourth-order valence-electron chi connectivity index (χ4n) is 10.5. The zero-order valence-electron chi connectivity index (χ0n) is 26.6. The number of rotatable bonds is 13. The zero-order valence-corrected chi connectivity index (χ0v) is 26.6. The van der Waals surface area contributed by atoms with Crippen LogP contribution in [-0.4, -0.2) is 56.1 Å². The number of nitrogens with zero attached hydrogens (tertiary/aromatic N) is 1. The van der Waals surface area contributed by atoms with E-state index in [-0.39, 0.29) is 11.9 Å². The van der Waals surface area contributed by atoms with Crippen LogP contribution in [0.5, 0.6) is 0 Å². The van der Waals surface area contributed by atoms with E-state index in [0.29, 0.717) is 23.2 Å². The van der Waals surface area contributed by atoms with Crippen LogP contribution < -0.4 is 16.4 Å². The summed E-state index contributed by atoms with van der Waals surface area (Å²) in [6.07, 6.45) is 17.0. The van der Waals surface area contributed by atoms with Crippen molar-refractivity contribution in [2.24, 2.45) is 52.1 Å². The number of hydrogen-bond acceptors (Lipinski definition) is 4. The molecule has 0 radical (unpaired) electrons. The van der Waals surface area contributed by atoms with Crippen molar-refractivity contribution in [3.8, 4) is 0 Å². The molecule has 9 atom stereocenters. The second-order valence-electron chi connectivity index (χ2n) is 15.3. The van der Waals surface area contributed by atoms with E-state index in [1.165, 1.54) is 70.8 Å². The highest BCUT2D eigenvalue weighted by Gasteiger charge is 2.60. The number of nitrogens with one attached hydrogen (secondary N) is 2. The van der Waals surface area contributed by atoms with Gasteiger partial charge in [-0.25, -0.2) is 0 Å². The van der Waals surface area contributed by atoms with Crippen LogP contribution in [0.3, 0.4) is 0 Å². The van der Waals surface area contributed by atoms with Crippen LogP contribution in [0.2, 0.25) is 0 Å². The number of carbonyl (C=O) groups is 1. The maximum absolute atomic E-state index is 12.3. The highest BCUT2D eigenvalue weighted by atomic mass is 16.1. The lowest BCUT2D eigenvalue weighted by atomic mass is 9.44. The quantitative estimate of drug-likeness (QED) is 0.241. The van der Waals surface area contributed by atoms with E-state index in [1.807, 2.05) is 0 Å². The predicted molar refractivity (Wildman–Crippen MR) is 164 cm³/mol. The van der Waals surface area contributed by atoms with Gasteiger partial charge < -0.3 is 21.3 Å². The molecule has 39 heavy (non-hydrogen) atoms. The van der Waals surface area contributed by atoms with E-state index in [9.17, 15) is 4.79 Å². The van der Waals surface area contributed by atoms with Crippen molar-refractivity contribution in [2.45, 2.75) is 130 Å². The summed E-state index contributed by atoms with van der Waals surface area (Å²) >= 11 is 0. The van der Waals surface area contributed by atoms with Crippen molar-refractivity contribution >= 4 is 5.91 Å². The predicted octanol–water partition coefficient (Wildman–Crippen LogP) is 6.22. The average molecular weight is 545 g/mol. The smallest absolute Gasteiger partial charge is 0.220 e. The lowest BCUT2D eigenvalue weighted by molar-refractivity contribution is -0.123. The number of amides is 1. The normalized spacial score (nSPS) is 38.8. The second-order valence-corrected chi connectivity index (χ2v) is 15.3. The molecule has 4 aliphatic rings. The first-order valence-corrected chi connectivity index (χ1v) is 17.0. The molecule has 5 unspecified atom stereocenters. The number of carbonyl (C=O) groups excluding carboxylic acids is 1. The van der Waals surface area contributed by atoms with Gasteiger partial charge >= 0.3 is 0 Å². The molecule has 0 aromatic carbocycles. The summed E-state index contributed by atoms with van der Waals surface area (Å²) in [7, 11) is 2.23. The van der Waals surface area contributed by atoms with Gasteiger partial charge in [-0.3, -0.25) is 4.79 Å². The van der Waals surface area contributed by atoms with Crippen LogP contribution >= 0.6 is 0 Å². The standard InChI is InChI=1S/C34H64N4O/c1-24(2)37-32(39)14-9-25(3)29-12-13-30-28-11-10-26-23-27(36-20-8-22-38(6)21-7-19-35)15-17-33(26,4)31(28)16-18-34(29,30)5/h24-31,36H,7-23,35H2,1-6H3,(H,37,39)/t25-,26?,27+,28?,29?,30?,31?,33+,34-/m1/s1. The van der Waals surface area contributed by atoms with E-state index in [1.54, 1.807) is 0 Å². The SMILES string of the molecule is CC(C)NC(=O)CC[C@@H](C)C1CCC2C3CCC4C[C@@H](NCCCN(C)CCCN)CC[C@]4(C)C3CC[C@@]21C. The first-order valence-electron chi connectivity index (χ1n) is 17.0. The molecule has 0 aromatic heterocycles. The molecule has 4 aliphatic carbocycles. The Hall–Kier alpha value is -0.650. The number of nitrogens with two attached hydrogens (primary N) is 1. The molecule has 1 amide bonds. The lowest BCUT2D eigenvalue weighted by Gasteiger charge is -2.61. The highest BCUT2D eigenvalue weighted by molar-refractivity contribution is 5.76. The Balaban J connectivity index is 1.28. The molecular weight excluding hydrogens is 480 g/mol. The van der Waals surface area contributed by atoms with Crippen LogP contribution in [0.25, 0.3) is 0 Å². The summed E-state index contributed by atoms with van der Waals surface area (Å²) in [5.74, 6) is 5.41. The molecule has 226 valence electrons. The molecule has 0 aromatic rings. The van der Waals surface area contributed by atoms with Crippen molar-refractivity contribution in [1.82, 2.24) is 15.5 Å². The van der Waals surface area contributed by atoms with Crippen molar-refractivity contribution in [3.63, 3.8) is 0 Å². The Morgan fingerprint density at radius 2 is 1.67 bits per heavy atom. The third-order valence-electron chi connectivity index (χ3n) is 12.6. The van der Waals surface area contributed by atoms with Crippen LogP contribution in [0, 0.1) is 46.3 Å². The molecule has 4 N–H and O–H groups in total. The van der Waals surface area contributed by atoms with Crippen LogP contribution in [0.4, 0.5) is 0 Å². The Morgan fingerprint density at radius 3 is 2.41 bits per heavy atom. The molecule has 0 spiro atoms. The Labute approximate surface area is 241 Å². The van der Waals surface area contributed by atoms with Crippen LogP contribution in [0.1, 0.15) is 118 Å². The van der Waals surface area contributed by atoms with Crippen molar-refractivity contribution in [1.29, 1.82) is 0 Å². The van der Waals surface area contributed by atoms with Gasteiger partial charge in [0, 0.05) is 18.5 Å². The second kappa shape index (κ2) is 13.6. The van der Waals surface area contributed by atoms with Gasteiger partial charge in [0.15, 0.2) is 0 Å². The van der Waals surface area contributed by atoms with Crippen LogP contribution in [-0.2, 0) is 4.79 Å². The monoisotopic (exact) mass is 545 g/mol. The molecular formula is C34H64N4O. The largest absolute Gasteiger partial charge is 0.354 e. The first-order chi connectivity index (χ1) is 18.6. The van der Waals surface area contributed by atoms with Gasteiger partial charge in [-0.05, 0) is 170 Å². The minimum absolute atomic E-state index is 0.242. The summed E-state index contributed by atoms with van der Waals surface area (Å²) in [4.78, 5) is 14.8. The maximum Gasteiger partial charge on any atom is 0.220 e. The number of fused-ring (bicyclic) bond motifs is 5. The van der Waals surface area contributed by atoms with Gasteiger partial charge in [0.1, 0.15) is 0 Å². The van der Waals surface area contributed by atoms with Gasteiger partial charge in [0.25, 0.3) is 0 Å². The maximum atomic E-state index is 12.3. The third-order valence-corrected chi connectivity index (χ3v) is 12.6. The fourth-order valence-corrected chi connectivity index (χ4v) is 10.5. The summed E-state index contributed by atoms with van der Waals surface area (Å²) in [5, 5.41) is 7.07. The van der Waals surface area contributed by atoms with Gasteiger partial charge in [-0.15, -0.1) is 0 Å². The Bertz CT molecular complexity index is 787. The first kappa shape index (κ1) is 31.3. The molecule has 0 bridgehead atoms. The van der Waals surface area contributed by atoms with Crippen molar-refractivity contribution in [3.05, 3.63) is 0 Å². The molecule has 4 fully saturated rings.